The van der Waals surface area contributed by atoms with Gasteiger partial charge in [-0.15, -0.1) is 10.2 Å². The minimum Gasteiger partial charge on any atom is -0.387 e. The molecule has 178 valence electrons. The largest absolute Gasteiger partial charge is 0.387 e. The van der Waals surface area contributed by atoms with Gasteiger partial charge in [0.05, 0.1) is 18.8 Å². The highest BCUT2D eigenvalue weighted by Gasteiger charge is 2.58. The van der Waals surface area contributed by atoms with E-state index in [1.165, 1.54) is 50.5 Å². The second-order valence-corrected chi connectivity index (χ2v) is 11.7. The summed E-state index contributed by atoms with van der Waals surface area (Å²) in [6.45, 7) is 12.9. The van der Waals surface area contributed by atoms with Crippen molar-refractivity contribution in [3.8, 4) is 0 Å². The number of aromatic nitrogens is 4. The Kier molecular flexibility index (Phi) is 5.98. The fourth-order valence-electron chi connectivity index (χ4n) is 8.74. The molecule has 1 N–H and O–H groups in total. The van der Waals surface area contributed by atoms with Crippen LogP contribution in [0.2, 0.25) is 0 Å². The van der Waals surface area contributed by atoms with E-state index in [4.69, 9.17) is 4.74 Å². The molecule has 0 aromatic carbocycles. The van der Waals surface area contributed by atoms with Gasteiger partial charge in [-0.05, 0) is 118 Å². The zero-order valence-corrected chi connectivity index (χ0v) is 20.3. The van der Waals surface area contributed by atoms with Gasteiger partial charge >= 0.3 is 0 Å². The number of ether oxygens (including phenoxy) is 1. The summed E-state index contributed by atoms with van der Waals surface area (Å²) in [5, 5.41) is 23.7. The van der Waals surface area contributed by atoms with Crippen molar-refractivity contribution >= 4 is 0 Å². The summed E-state index contributed by atoms with van der Waals surface area (Å²) in [7, 11) is 0. The minimum absolute atomic E-state index is 0.366. The van der Waals surface area contributed by atoms with Crippen LogP contribution in [0.15, 0.2) is 12.2 Å². The molecule has 4 fully saturated rings. The SMILES string of the molecule is C=C(Cn1nnc(C)n1)[C@H]1CC[C@H]2[C@@H]3CC[C@H]4C[C@@](O)(COCC)CC[C@@H]4[C@H]3CC[C@]12C. The number of aliphatic hydroxyl groups is 1. The molecule has 6 heteroatoms. The first-order chi connectivity index (χ1) is 15.3. The molecule has 4 aliphatic rings. The minimum atomic E-state index is -0.586. The second kappa shape index (κ2) is 8.50. The fraction of sp³-hybridized carbons (Fsp3) is 0.885. The van der Waals surface area contributed by atoms with E-state index < -0.39 is 5.60 Å². The van der Waals surface area contributed by atoms with Crippen molar-refractivity contribution in [3.05, 3.63) is 18.0 Å². The molecule has 4 saturated carbocycles. The summed E-state index contributed by atoms with van der Waals surface area (Å²) in [5.41, 5.74) is 1.07. The lowest BCUT2D eigenvalue weighted by atomic mass is 9.48. The number of fused-ring (bicyclic) bond motifs is 5. The highest BCUT2D eigenvalue weighted by Crippen LogP contribution is 2.65. The van der Waals surface area contributed by atoms with Crippen LogP contribution in [0.4, 0.5) is 0 Å². The molecule has 0 unspecified atom stereocenters. The van der Waals surface area contributed by atoms with E-state index in [2.05, 4.69) is 28.9 Å². The Hall–Kier alpha value is -1.27. The monoisotopic (exact) mass is 442 g/mol. The second-order valence-electron chi connectivity index (χ2n) is 11.7. The van der Waals surface area contributed by atoms with Crippen molar-refractivity contribution < 1.29 is 9.84 Å². The lowest BCUT2D eigenvalue weighted by Crippen LogP contribution is -2.52. The van der Waals surface area contributed by atoms with Crippen molar-refractivity contribution in [1.29, 1.82) is 0 Å². The van der Waals surface area contributed by atoms with Gasteiger partial charge in [0.1, 0.15) is 0 Å². The van der Waals surface area contributed by atoms with Crippen LogP contribution in [0.1, 0.15) is 77.5 Å². The van der Waals surface area contributed by atoms with Crippen molar-refractivity contribution in [3.63, 3.8) is 0 Å². The van der Waals surface area contributed by atoms with Crippen LogP contribution in [0.5, 0.6) is 0 Å². The molecule has 5 rings (SSSR count). The predicted octanol–water partition coefficient (Wildman–Crippen LogP) is 4.57. The molecular formula is C26H42N4O2. The van der Waals surface area contributed by atoms with Gasteiger partial charge in [0.15, 0.2) is 5.82 Å². The molecule has 0 saturated heterocycles. The molecule has 0 radical (unpaired) electrons. The quantitative estimate of drug-likeness (QED) is 0.653. The molecule has 0 aliphatic heterocycles. The van der Waals surface area contributed by atoms with E-state index in [-0.39, 0.29) is 0 Å². The Morgan fingerprint density at radius 2 is 1.94 bits per heavy atom. The van der Waals surface area contributed by atoms with E-state index in [1.807, 2.05) is 13.8 Å². The van der Waals surface area contributed by atoms with Gasteiger partial charge in [-0.3, -0.25) is 0 Å². The highest BCUT2D eigenvalue weighted by atomic mass is 16.5. The van der Waals surface area contributed by atoms with Crippen LogP contribution in [-0.4, -0.2) is 44.1 Å². The number of aryl methyl sites for hydroxylation is 1. The number of allylic oxidation sites excluding steroid dienone is 1. The van der Waals surface area contributed by atoms with Crippen LogP contribution < -0.4 is 0 Å². The molecular weight excluding hydrogens is 400 g/mol. The van der Waals surface area contributed by atoms with Crippen LogP contribution in [-0.2, 0) is 11.3 Å². The van der Waals surface area contributed by atoms with E-state index >= 15 is 0 Å². The van der Waals surface area contributed by atoms with Gasteiger partial charge in [-0.25, -0.2) is 0 Å². The molecule has 32 heavy (non-hydrogen) atoms. The molecule has 4 aliphatic carbocycles. The van der Waals surface area contributed by atoms with Gasteiger partial charge in [0, 0.05) is 6.61 Å². The standard InChI is InChI=1S/C26H42N4O2/c1-5-32-16-26(31)13-11-20-19(14-26)6-7-22-21(20)10-12-25(4)23(8-9-24(22)25)17(2)15-30-28-18(3)27-29-30/h19-24,31H,2,5-16H2,1,3-4H3/t19-,20-,21+,22+,23+,24-,25+,26+/m0/s1. The van der Waals surface area contributed by atoms with E-state index in [0.29, 0.717) is 37.0 Å². The zero-order valence-electron chi connectivity index (χ0n) is 20.3. The van der Waals surface area contributed by atoms with E-state index in [0.717, 1.165) is 42.3 Å². The number of nitrogens with zero attached hydrogens (tertiary/aromatic N) is 4. The average molecular weight is 443 g/mol. The van der Waals surface area contributed by atoms with Crippen molar-refractivity contribution in [2.24, 2.45) is 40.9 Å². The van der Waals surface area contributed by atoms with Gasteiger partial charge in [0.25, 0.3) is 0 Å². The van der Waals surface area contributed by atoms with Crippen LogP contribution >= 0.6 is 0 Å². The fourth-order valence-corrected chi connectivity index (χ4v) is 8.74. The van der Waals surface area contributed by atoms with Crippen LogP contribution in [0.3, 0.4) is 0 Å². The van der Waals surface area contributed by atoms with Crippen molar-refractivity contribution in [2.75, 3.05) is 13.2 Å². The molecule has 1 heterocycles. The summed E-state index contributed by atoms with van der Waals surface area (Å²) in [5.74, 6) is 5.33. The molecule has 8 atom stereocenters. The molecule has 6 nitrogen and oxygen atoms in total. The van der Waals surface area contributed by atoms with Crippen molar-refractivity contribution in [1.82, 2.24) is 20.2 Å². The third-order valence-corrected chi connectivity index (χ3v) is 10.1. The number of tetrazole rings is 1. The summed E-state index contributed by atoms with van der Waals surface area (Å²) in [6, 6.07) is 0. The highest BCUT2D eigenvalue weighted by molar-refractivity contribution is 5.15. The molecule has 1 aromatic rings. The number of hydrogen-bond acceptors (Lipinski definition) is 5. The van der Waals surface area contributed by atoms with E-state index in [1.54, 1.807) is 4.80 Å². The maximum Gasteiger partial charge on any atom is 0.171 e. The van der Waals surface area contributed by atoms with Crippen LogP contribution in [0.25, 0.3) is 0 Å². The Labute approximate surface area is 193 Å². The topological polar surface area (TPSA) is 73.1 Å². The van der Waals surface area contributed by atoms with Gasteiger partial charge in [-0.1, -0.05) is 19.1 Å². The lowest BCUT2D eigenvalue weighted by Gasteiger charge is -2.57. The van der Waals surface area contributed by atoms with E-state index in [9.17, 15) is 5.11 Å². The summed E-state index contributed by atoms with van der Waals surface area (Å²) in [4.78, 5) is 1.72. The summed E-state index contributed by atoms with van der Waals surface area (Å²) in [6.07, 6.45) is 11.0. The molecule has 1 aromatic heterocycles. The maximum atomic E-state index is 11.1. The third kappa shape index (κ3) is 3.85. The first-order valence-corrected chi connectivity index (χ1v) is 13.0. The summed E-state index contributed by atoms with van der Waals surface area (Å²) < 4.78 is 5.64. The Balaban J connectivity index is 1.26. The van der Waals surface area contributed by atoms with Gasteiger partial charge in [0.2, 0.25) is 0 Å². The van der Waals surface area contributed by atoms with Crippen LogP contribution in [0, 0.1) is 47.8 Å². The Morgan fingerprint density at radius 3 is 2.69 bits per heavy atom. The normalized spacial score (nSPS) is 43.4. The van der Waals surface area contributed by atoms with Crippen molar-refractivity contribution in [2.45, 2.75) is 90.7 Å². The first kappa shape index (κ1) is 22.5. The van der Waals surface area contributed by atoms with Gasteiger partial charge in [-0.2, -0.15) is 4.80 Å². The Morgan fingerprint density at radius 1 is 1.12 bits per heavy atom. The Bertz CT molecular complexity index is 840. The zero-order chi connectivity index (χ0) is 22.5. The first-order valence-electron chi connectivity index (χ1n) is 13.0. The van der Waals surface area contributed by atoms with Gasteiger partial charge < -0.3 is 9.84 Å². The summed E-state index contributed by atoms with van der Waals surface area (Å²) >= 11 is 0. The average Bonchev–Trinajstić information content (AvgIpc) is 3.34. The number of rotatable bonds is 6. The lowest BCUT2D eigenvalue weighted by molar-refractivity contribution is -0.127. The molecule has 0 spiro atoms. The predicted molar refractivity (Wildman–Crippen MR) is 124 cm³/mol. The number of hydrogen-bond donors (Lipinski definition) is 1. The molecule has 0 bridgehead atoms. The maximum absolute atomic E-state index is 11.1. The third-order valence-electron chi connectivity index (χ3n) is 10.1. The smallest absolute Gasteiger partial charge is 0.171 e. The molecule has 0 amide bonds.